The molecule has 10 nitrogen and oxygen atoms in total. The summed E-state index contributed by atoms with van der Waals surface area (Å²) in [6.07, 6.45) is 0. The molecule has 12 heteroatoms. The molecule has 0 spiro atoms. The largest absolute Gasteiger partial charge is 0.493 e. The third-order valence-corrected chi connectivity index (χ3v) is 4.68. The number of anilines is 1. The Morgan fingerprint density at radius 3 is 2.69 bits per heavy atom. The highest BCUT2D eigenvalue weighted by molar-refractivity contribution is 6.02. The Bertz CT molecular complexity index is 1050. The van der Waals surface area contributed by atoms with Gasteiger partial charge in [0.25, 0.3) is 11.6 Å². The Hall–Kier alpha value is -3.96. The van der Waals surface area contributed by atoms with Crippen LogP contribution >= 0.6 is 0 Å². The van der Waals surface area contributed by atoms with E-state index in [2.05, 4.69) is 4.74 Å². The summed E-state index contributed by atoms with van der Waals surface area (Å²) in [7, 11) is 2.78. The van der Waals surface area contributed by atoms with Gasteiger partial charge in [-0.25, -0.2) is 0 Å². The number of benzene rings is 2. The first-order valence-electron chi connectivity index (χ1n) is 9.27. The zero-order chi connectivity index (χ0) is 23.4. The maximum atomic E-state index is 12.8. The standard InChI is InChI=1S/C20H19F2N3O7/c1-23(9-12-3-5-16(30-2)17(7-12)32-20(21)22)18(26)10-24-14-8-13(25(28)29)4-6-15(14)31-11-19(24)27/h3-8,20H,9-11H2,1-2H3. The van der Waals surface area contributed by atoms with Gasteiger partial charge in [0.05, 0.1) is 17.7 Å². The van der Waals surface area contributed by atoms with Gasteiger partial charge in [0.2, 0.25) is 5.91 Å². The van der Waals surface area contributed by atoms with E-state index in [9.17, 15) is 28.5 Å². The van der Waals surface area contributed by atoms with E-state index >= 15 is 0 Å². The molecule has 0 atom stereocenters. The molecule has 1 aliphatic heterocycles. The highest BCUT2D eigenvalue weighted by atomic mass is 19.3. The van der Waals surface area contributed by atoms with Crippen LogP contribution in [0.4, 0.5) is 20.2 Å². The molecule has 2 amide bonds. The van der Waals surface area contributed by atoms with E-state index < -0.39 is 23.3 Å². The quantitative estimate of drug-likeness (QED) is 0.448. The monoisotopic (exact) mass is 451 g/mol. The Kier molecular flexibility index (Phi) is 6.71. The normalized spacial score (nSPS) is 12.8. The molecule has 1 heterocycles. The molecule has 0 saturated heterocycles. The van der Waals surface area contributed by atoms with E-state index in [1.54, 1.807) is 6.07 Å². The molecule has 0 bridgehead atoms. The van der Waals surface area contributed by atoms with E-state index in [0.29, 0.717) is 5.56 Å². The summed E-state index contributed by atoms with van der Waals surface area (Å²) in [5.74, 6) is -0.832. The summed E-state index contributed by atoms with van der Waals surface area (Å²) in [6.45, 7) is -3.71. The van der Waals surface area contributed by atoms with E-state index in [1.165, 1.54) is 43.3 Å². The van der Waals surface area contributed by atoms with E-state index in [4.69, 9.17) is 9.47 Å². The first-order valence-corrected chi connectivity index (χ1v) is 9.27. The highest BCUT2D eigenvalue weighted by Gasteiger charge is 2.30. The fourth-order valence-electron chi connectivity index (χ4n) is 3.10. The number of ether oxygens (including phenoxy) is 3. The van der Waals surface area contributed by atoms with Gasteiger partial charge in [-0.3, -0.25) is 24.6 Å². The van der Waals surface area contributed by atoms with Crippen molar-refractivity contribution in [2.75, 3.05) is 32.2 Å². The number of hydrogen-bond acceptors (Lipinski definition) is 7. The van der Waals surface area contributed by atoms with Crippen LogP contribution in [-0.4, -0.2) is 55.6 Å². The molecular formula is C20H19F2N3O7. The number of amides is 2. The van der Waals surface area contributed by atoms with Crippen LogP contribution in [0.2, 0.25) is 0 Å². The van der Waals surface area contributed by atoms with Crippen LogP contribution in [-0.2, 0) is 16.1 Å². The average molecular weight is 451 g/mol. The fourth-order valence-corrected chi connectivity index (χ4v) is 3.10. The van der Waals surface area contributed by atoms with E-state index in [1.807, 2.05) is 0 Å². The van der Waals surface area contributed by atoms with Gasteiger partial charge in [0.1, 0.15) is 12.3 Å². The number of carbonyl (C=O) groups is 2. The molecular weight excluding hydrogens is 432 g/mol. The maximum absolute atomic E-state index is 12.8. The molecule has 32 heavy (non-hydrogen) atoms. The molecule has 0 radical (unpaired) electrons. The highest BCUT2D eigenvalue weighted by Crippen LogP contribution is 2.35. The first kappa shape index (κ1) is 22.7. The van der Waals surface area contributed by atoms with Gasteiger partial charge in [-0.2, -0.15) is 8.78 Å². The van der Waals surface area contributed by atoms with Crippen LogP contribution in [0.15, 0.2) is 36.4 Å². The van der Waals surface area contributed by atoms with Crippen molar-refractivity contribution in [3.05, 3.63) is 52.1 Å². The lowest BCUT2D eigenvalue weighted by atomic mass is 10.2. The molecule has 0 saturated carbocycles. The summed E-state index contributed by atoms with van der Waals surface area (Å²) in [4.78, 5) is 37.9. The lowest BCUT2D eigenvalue weighted by Crippen LogP contribution is -2.45. The predicted molar refractivity (Wildman–Crippen MR) is 107 cm³/mol. The molecule has 170 valence electrons. The van der Waals surface area contributed by atoms with Crippen LogP contribution in [0.25, 0.3) is 0 Å². The summed E-state index contributed by atoms with van der Waals surface area (Å²) in [5.41, 5.74) is 0.355. The van der Waals surface area contributed by atoms with Gasteiger partial charge >= 0.3 is 6.61 Å². The second-order valence-corrected chi connectivity index (χ2v) is 6.79. The first-order chi connectivity index (χ1) is 15.2. The number of rotatable bonds is 8. The Morgan fingerprint density at radius 1 is 1.28 bits per heavy atom. The summed E-state index contributed by atoms with van der Waals surface area (Å²) in [6, 6.07) is 8.11. The number of likely N-dealkylation sites (N-methyl/N-ethyl adjacent to an activating group) is 1. The molecule has 0 N–H and O–H groups in total. The minimum Gasteiger partial charge on any atom is -0.493 e. The second kappa shape index (κ2) is 9.45. The smallest absolute Gasteiger partial charge is 0.387 e. The van der Waals surface area contributed by atoms with Gasteiger partial charge in [0.15, 0.2) is 18.1 Å². The van der Waals surface area contributed by atoms with Crippen molar-refractivity contribution >= 4 is 23.2 Å². The van der Waals surface area contributed by atoms with Gasteiger partial charge in [0, 0.05) is 25.7 Å². The van der Waals surface area contributed by atoms with Crippen LogP contribution in [0.5, 0.6) is 17.2 Å². The van der Waals surface area contributed by atoms with Gasteiger partial charge in [-0.05, 0) is 23.8 Å². The predicted octanol–water partition coefficient (Wildman–Crippen LogP) is 2.59. The molecule has 3 rings (SSSR count). The lowest BCUT2D eigenvalue weighted by Gasteiger charge is -2.30. The fraction of sp³-hybridized carbons (Fsp3) is 0.300. The molecule has 0 fully saturated rings. The van der Waals surface area contributed by atoms with Crippen molar-refractivity contribution in [3.8, 4) is 17.2 Å². The number of hydrogen-bond donors (Lipinski definition) is 0. The van der Waals surface area contributed by atoms with Crippen molar-refractivity contribution in [2.45, 2.75) is 13.2 Å². The van der Waals surface area contributed by atoms with Crippen molar-refractivity contribution in [1.29, 1.82) is 0 Å². The number of nitrogens with zero attached hydrogens (tertiary/aromatic N) is 3. The van der Waals surface area contributed by atoms with E-state index in [0.717, 1.165) is 11.0 Å². The number of non-ortho nitro benzene ring substituents is 1. The number of methoxy groups -OCH3 is 1. The zero-order valence-electron chi connectivity index (χ0n) is 17.1. The summed E-state index contributed by atoms with van der Waals surface area (Å²) in [5, 5.41) is 11.1. The number of nitro groups is 1. The number of alkyl halides is 2. The maximum Gasteiger partial charge on any atom is 0.387 e. The van der Waals surface area contributed by atoms with Crippen LogP contribution in [0, 0.1) is 10.1 Å². The molecule has 0 unspecified atom stereocenters. The molecule has 0 aliphatic carbocycles. The minimum atomic E-state index is -3.05. The van der Waals surface area contributed by atoms with Crippen molar-refractivity contribution in [3.63, 3.8) is 0 Å². The lowest BCUT2D eigenvalue weighted by molar-refractivity contribution is -0.384. The average Bonchev–Trinajstić information content (AvgIpc) is 2.75. The van der Waals surface area contributed by atoms with E-state index in [-0.39, 0.29) is 48.3 Å². The zero-order valence-corrected chi connectivity index (χ0v) is 17.1. The Morgan fingerprint density at radius 2 is 2.03 bits per heavy atom. The molecule has 2 aromatic rings. The SMILES string of the molecule is COc1ccc(CN(C)C(=O)CN2C(=O)COc3ccc([N+](=O)[O-])cc32)cc1OC(F)F. The molecule has 1 aliphatic rings. The van der Waals surface area contributed by atoms with Crippen LogP contribution in [0.1, 0.15) is 5.56 Å². The van der Waals surface area contributed by atoms with Gasteiger partial charge in [-0.1, -0.05) is 6.07 Å². The Balaban J connectivity index is 1.76. The number of nitro benzene ring substituents is 1. The van der Waals surface area contributed by atoms with Gasteiger partial charge < -0.3 is 19.1 Å². The third-order valence-electron chi connectivity index (χ3n) is 4.68. The Labute approximate surface area is 181 Å². The van der Waals surface area contributed by atoms with Gasteiger partial charge in [-0.15, -0.1) is 0 Å². The summed E-state index contributed by atoms with van der Waals surface area (Å²) < 4.78 is 40.0. The van der Waals surface area contributed by atoms with Crippen LogP contribution in [0.3, 0.4) is 0 Å². The number of halogens is 2. The van der Waals surface area contributed by atoms with Crippen LogP contribution < -0.4 is 19.1 Å². The topological polar surface area (TPSA) is 111 Å². The van der Waals surface area contributed by atoms with Crippen molar-refractivity contribution < 1.29 is 37.5 Å². The minimum absolute atomic E-state index is 0.0305. The molecule has 2 aromatic carbocycles. The number of fused-ring (bicyclic) bond motifs is 1. The van der Waals surface area contributed by atoms with Crippen molar-refractivity contribution in [2.24, 2.45) is 0 Å². The third kappa shape index (κ3) is 5.02. The summed E-state index contributed by atoms with van der Waals surface area (Å²) >= 11 is 0. The molecule has 0 aromatic heterocycles. The number of carbonyl (C=O) groups excluding carboxylic acids is 2. The second-order valence-electron chi connectivity index (χ2n) is 6.79. The van der Waals surface area contributed by atoms with Crippen molar-refractivity contribution in [1.82, 2.24) is 4.90 Å².